The van der Waals surface area contributed by atoms with Crippen molar-refractivity contribution < 1.29 is 14.7 Å². The Kier molecular flexibility index (Phi) is 4.58. The number of amides is 2. The number of aromatic nitrogens is 1. The molecule has 0 atom stereocenters. The molecule has 0 saturated carbocycles. The van der Waals surface area contributed by atoms with Gasteiger partial charge in [-0.1, -0.05) is 43.2 Å². The van der Waals surface area contributed by atoms with Crippen LogP contribution in [-0.4, -0.2) is 27.3 Å². The number of nitrogens with zero attached hydrogens (tertiary/aromatic N) is 3. The van der Waals surface area contributed by atoms with Crippen molar-refractivity contribution in [2.45, 2.75) is 0 Å². The molecule has 2 aliphatic heterocycles. The largest absolute Gasteiger partial charge is 0.492 e. The van der Waals surface area contributed by atoms with Crippen LogP contribution in [0, 0.1) is 3.95 Å². The van der Waals surface area contributed by atoms with Crippen LogP contribution in [-0.2, 0) is 9.59 Å². The highest BCUT2D eigenvalue weighted by Crippen LogP contribution is 2.34. The predicted molar refractivity (Wildman–Crippen MR) is 122 cm³/mol. The number of thiazole rings is 1. The smallest absolute Gasteiger partial charge is 0.279 e. The van der Waals surface area contributed by atoms with Gasteiger partial charge in [0, 0.05) is 19.7 Å². The zero-order chi connectivity index (χ0) is 21.2. The van der Waals surface area contributed by atoms with Crippen molar-refractivity contribution >= 4 is 84.2 Å². The van der Waals surface area contributed by atoms with E-state index in [-0.39, 0.29) is 26.0 Å². The zero-order valence-electron chi connectivity index (χ0n) is 14.6. The summed E-state index contributed by atoms with van der Waals surface area (Å²) in [6, 6.07) is 10.6. The van der Waals surface area contributed by atoms with Gasteiger partial charge in [-0.25, -0.2) is 4.99 Å². The Balaban J connectivity index is 1.72. The van der Waals surface area contributed by atoms with E-state index in [2.05, 4.69) is 47.3 Å². The van der Waals surface area contributed by atoms with Crippen molar-refractivity contribution in [3.05, 3.63) is 70.3 Å². The lowest BCUT2D eigenvalue weighted by molar-refractivity contribution is -0.112. The number of carbonyl (C=O) groups is 2. The van der Waals surface area contributed by atoms with Crippen LogP contribution in [0.25, 0.3) is 5.57 Å². The van der Waals surface area contributed by atoms with Gasteiger partial charge in [0.1, 0.15) is 4.88 Å². The number of halogens is 2. The Bertz CT molecular complexity index is 1520. The molecule has 3 heterocycles. The van der Waals surface area contributed by atoms with Crippen molar-refractivity contribution in [1.29, 1.82) is 0 Å². The van der Waals surface area contributed by atoms with Crippen molar-refractivity contribution in [3.63, 3.8) is 0 Å². The van der Waals surface area contributed by atoms with Crippen LogP contribution in [0.2, 0.25) is 0 Å². The molecule has 7 nitrogen and oxygen atoms in total. The van der Waals surface area contributed by atoms with Crippen molar-refractivity contribution in [2.75, 3.05) is 5.32 Å². The van der Waals surface area contributed by atoms with Gasteiger partial charge < -0.3 is 10.4 Å². The molecule has 0 spiro atoms. The molecular formula is C19H8Br2N4O3S2. The molecular weight excluding hydrogens is 556 g/mol. The fourth-order valence-corrected chi connectivity index (χ4v) is 5.21. The highest BCUT2D eigenvalue weighted by atomic mass is 79.9. The van der Waals surface area contributed by atoms with Gasteiger partial charge >= 0.3 is 0 Å². The molecule has 1 aromatic heterocycles. The van der Waals surface area contributed by atoms with Gasteiger partial charge in [-0.3, -0.25) is 9.59 Å². The number of hydrogen-bond acceptors (Lipinski definition) is 6. The quantitative estimate of drug-likeness (QED) is 0.468. The fourth-order valence-electron chi connectivity index (χ4n) is 3.24. The molecule has 0 fully saturated rings. The molecule has 2 aliphatic rings. The summed E-state index contributed by atoms with van der Waals surface area (Å²) in [4.78, 5) is 29.3. The van der Waals surface area contributed by atoms with E-state index in [0.717, 1.165) is 25.0 Å². The number of aromatic hydroxyl groups is 1. The maximum absolute atomic E-state index is 12.5. The van der Waals surface area contributed by atoms with E-state index in [1.54, 1.807) is 36.4 Å². The van der Waals surface area contributed by atoms with Gasteiger partial charge in [-0.15, -0.1) is 0 Å². The molecule has 0 bridgehead atoms. The molecule has 148 valence electrons. The maximum atomic E-state index is 12.5. The number of fused-ring (bicyclic) bond motifs is 2. The molecule has 0 saturated heterocycles. The lowest BCUT2D eigenvalue weighted by Gasteiger charge is -2.02. The number of rotatable bonds is 2. The van der Waals surface area contributed by atoms with Crippen LogP contribution in [0.15, 0.2) is 55.4 Å². The SMILES string of the molecule is O=C1N=c2ccc(Br)cc2=C1c1sc(=S)n(/N=C2\C(=O)Nc3ccc(Br)cc32)c1O. The summed E-state index contributed by atoms with van der Waals surface area (Å²) in [5.74, 6) is -1.20. The molecule has 0 aliphatic carbocycles. The first-order valence-electron chi connectivity index (χ1n) is 8.42. The Morgan fingerprint density at radius 3 is 2.67 bits per heavy atom. The average molecular weight is 564 g/mol. The van der Waals surface area contributed by atoms with E-state index < -0.39 is 11.8 Å². The summed E-state index contributed by atoms with van der Waals surface area (Å²) in [6.45, 7) is 0. The minimum Gasteiger partial charge on any atom is -0.492 e. The molecule has 0 radical (unpaired) electrons. The Morgan fingerprint density at radius 1 is 1.13 bits per heavy atom. The number of nitrogens with one attached hydrogen (secondary N) is 1. The average Bonchev–Trinajstić information content (AvgIpc) is 3.27. The minimum atomic E-state index is -0.470. The van der Waals surface area contributed by atoms with E-state index in [4.69, 9.17) is 12.2 Å². The monoisotopic (exact) mass is 562 g/mol. The summed E-state index contributed by atoms with van der Waals surface area (Å²) in [6.07, 6.45) is 0. The van der Waals surface area contributed by atoms with E-state index in [1.165, 1.54) is 0 Å². The van der Waals surface area contributed by atoms with Crippen molar-refractivity contribution in [1.82, 2.24) is 4.68 Å². The number of anilines is 1. The summed E-state index contributed by atoms with van der Waals surface area (Å²) in [5, 5.41) is 19.0. The Hall–Kier alpha value is -2.47. The standard InChI is InChI=1S/C19H8Br2N4O3S2/c20-7-1-3-11-9(5-7)13(16(26)22-11)15-18(28)25(19(29)30-15)24-14-10-6-8(21)2-4-12(10)23-17(14)27/h1-6,28H,(H,23,24,27). The van der Waals surface area contributed by atoms with Crippen LogP contribution >= 0.6 is 55.4 Å². The molecule has 2 aromatic carbocycles. The van der Waals surface area contributed by atoms with E-state index in [9.17, 15) is 14.7 Å². The van der Waals surface area contributed by atoms with Gasteiger partial charge in [-0.2, -0.15) is 9.78 Å². The lowest BCUT2D eigenvalue weighted by atomic mass is 10.1. The summed E-state index contributed by atoms with van der Waals surface area (Å²) in [5.41, 5.74) is 1.55. The summed E-state index contributed by atoms with van der Waals surface area (Å²) < 4.78 is 2.84. The zero-order valence-corrected chi connectivity index (χ0v) is 19.4. The van der Waals surface area contributed by atoms with Crippen molar-refractivity contribution in [2.24, 2.45) is 10.1 Å². The first-order chi connectivity index (χ1) is 14.3. The molecule has 0 unspecified atom stereocenters. The third-order valence-electron chi connectivity index (χ3n) is 4.56. The van der Waals surface area contributed by atoms with Gasteiger partial charge in [0.05, 0.1) is 16.6 Å². The summed E-state index contributed by atoms with van der Waals surface area (Å²) >= 11 is 13.2. The highest BCUT2D eigenvalue weighted by Gasteiger charge is 2.29. The number of carbonyl (C=O) groups excluding carboxylic acids is 2. The van der Waals surface area contributed by atoms with Crippen LogP contribution in [0.5, 0.6) is 5.88 Å². The Labute approximate surface area is 194 Å². The third kappa shape index (κ3) is 3.00. The second kappa shape index (κ2) is 7.05. The van der Waals surface area contributed by atoms with Crippen LogP contribution in [0.3, 0.4) is 0 Å². The lowest BCUT2D eigenvalue weighted by Crippen LogP contribution is -2.22. The third-order valence-corrected chi connectivity index (χ3v) is 6.90. The molecule has 30 heavy (non-hydrogen) atoms. The van der Waals surface area contributed by atoms with E-state index in [0.29, 0.717) is 21.8 Å². The normalized spacial score (nSPS) is 15.9. The Morgan fingerprint density at radius 2 is 1.87 bits per heavy atom. The van der Waals surface area contributed by atoms with Crippen LogP contribution in [0.4, 0.5) is 5.69 Å². The molecule has 11 heteroatoms. The number of hydrogen-bond donors (Lipinski definition) is 2. The van der Waals surface area contributed by atoms with Crippen molar-refractivity contribution in [3.8, 4) is 5.88 Å². The first kappa shape index (κ1) is 19.5. The predicted octanol–water partition coefficient (Wildman–Crippen LogP) is 3.07. The second-order valence-corrected chi connectivity index (χ2v) is 9.85. The van der Waals surface area contributed by atoms with E-state index in [1.807, 2.05) is 0 Å². The van der Waals surface area contributed by atoms with Crippen LogP contribution < -0.4 is 15.9 Å². The highest BCUT2D eigenvalue weighted by molar-refractivity contribution is 9.10. The number of benzene rings is 2. The van der Waals surface area contributed by atoms with Gasteiger partial charge in [0.25, 0.3) is 11.8 Å². The van der Waals surface area contributed by atoms with Gasteiger partial charge in [0.2, 0.25) is 5.88 Å². The van der Waals surface area contributed by atoms with Gasteiger partial charge in [0.15, 0.2) is 9.67 Å². The second-order valence-electron chi connectivity index (χ2n) is 6.38. The maximum Gasteiger partial charge on any atom is 0.279 e. The van der Waals surface area contributed by atoms with Crippen LogP contribution in [0.1, 0.15) is 10.4 Å². The van der Waals surface area contributed by atoms with Gasteiger partial charge in [-0.05, 0) is 48.6 Å². The fraction of sp³-hybridized carbons (Fsp3) is 0. The molecule has 2 N–H and O–H groups in total. The molecule has 5 rings (SSSR count). The summed E-state index contributed by atoms with van der Waals surface area (Å²) in [7, 11) is 0. The topological polar surface area (TPSA) is 96.0 Å². The van der Waals surface area contributed by atoms with E-state index >= 15 is 0 Å². The minimum absolute atomic E-state index is 0.109. The molecule has 2 amide bonds. The first-order valence-corrected chi connectivity index (χ1v) is 11.2. The molecule has 3 aromatic rings.